The summed E-state index contributed by atoms with van der Waals surface area (Å²) in [5, 5.41) is 0. The zero-order valence-electron chi connectivity index (χ0n) is 15.9. The largest absolute Gasteiger partial charge is 0.486 e. The number of hydrogen-bond donors (Lipinski definition) is 0. The third kappa shape index (κ3) is 3.81. The van der Waals surface area contributed by atoms with Crippen molar-refractivity contribution < 1.29 is 19.0 Å². The van der Waals surface area contributed by atoms with Gasteiger partial charge in [0.1, 0.15) is 13.2 Å². The molecule has 0 atom stereocenters. The first kappa shape index (κ1) is 18.7. The molecule has 0 saturated carbocycles. The Morgan fingerprint density at radius 1 is 1.18 bits per heavy atom. The van der Waals surface area contributed by atoms with E-state index in [0.717, 1.165) is 10.2 Å². The van der Waals surface area contributed by atoms with Crippen molar-refractivity contribution >= 4 is 27.5 Å². The molecule has 0 N–H and O–H groups in total. The normalized spacial score (nSPS) is 13.9. The maximum atomic E-state index is 12.8. The second-order valence-electron chi connectivity index (χ2n) is 6.48. The molecule has 7 heteroatoms. The molecule has 0 bridgehead atoms. The highest BCUT2D eigenvalue weighted by Gasteiger charge is 2.15. The molecule has 1 amide bonds. The van der Waals surface area contributed by atoms with Crippen molar-refractivity contribution in [1.82, 2.24) is 4.57 Å². The minimum Gasteiger partial charge on any atom is -0.486 e. The van der Waals surface area contributed by atoms with E-state index in [1.807, 2.05) is 11.5 Å². The summed E-state index contributed by atoms with van der Waals surface area (Å²) >= 11 is 1.51. The number of nitrogens with zero attached hydrogens (tertiary/aromatic N) is 2. The molecule has 3 aromatic rings. The number of fused-ring (bicyclic) bond motifs is 2. The van der Waals surface area contributed by atoms with Crippen molar-refractivity contribution in [3.8, 4) is 11.5 Å². The molecule has 1 aliphatic heterocycles. The monoisotopic (exact) mass is 398 g/mol. The number of carbonyl (C=O) groups is 1. The molecule has 2 heterocycles. The fourth-order valence-corrected chi connectivity index (χ4v) is 4.26. The number of benzene rings is 2. The molecule has 28 heavy (non-hydrogen) atoms. The number of aryl methyl sites for hydroxylation is 1. The Bertz CT molecular complexity index is 1080. The molecule has 2 aromatic carbocycles. The number of thiazole rings is 1. The summed E-state index contributed by atoms with van der Waals surface area (Å²) in [6.45, 7) is 6.90. The second-order valence-corrected chi connectivity index (χ2v) is 7.49. The van der Waals surface area contributed by atoms with Crippen LogP contribution in [0.3, 0.4) is 0 Å². The molecule has 4 rings (SSSR count). The van der Waals surface area contributed by atoms with Crippen LogP contribution in [0.2, 0.25) is 0 Å². The van der Waals surface area contributed by atoms with Crippen LogP contribution in [0.15, 0.2) is 41.4 Å². The van der Waals surface area contributed by atoms with Gasteiger partial charge in [0.15, 0.2) is 16.3 Å². The number of carbonyl (C=O) groups excluding carboxylic acids is 1. The first-order valence-electron chi connectivity index (χ1n) is 9.32. The fraction of sp³-hybridized carbons (Fsp3) is 0.333. The van der Waals surface area contributed by atoms with Gasteiger partial charge in [-0.1, -0.05) is 17.4 Å². The summed E-state index contributed by atoms with van der Waals surface area (Å²) in [5.74, 6) is 0.945. The molecule has 146 valence electrons. The van der Waals surface area contributed by atoms with Crippen molar-refractivity contribution in [2.24, 2.45) is 4.99 Å². The van der Waals surface area contributed by atoms with Crippen LogP contribution in [0.1, 0.15) is 22.8 Å². The average molecular weight is 398 g/mol. The van der Waals surface area contributed by atoms with Crippen LogP contribution >= 0.6 is 11.3 Å². The fourth-order valence-electron chi connectivity index (χ4n) is 3.11. The minimum absolute atomic E-state index is 0.301. The van der Waals surface area contributed by atoms with Gasteiger partial charge in [-0.15, -0.1) is 0 Å². The molecule has 0 spiro atoms. The van der Waals surface area contributed by atoms with Crippen LogP contribution in [0.25, 0.3) is 10.2 Å². The highest BCUT2D eigenvalue weighted by Crippen LogP contribution is 2.31. The van der Waals surface area contributed by atoms with Gasteiger partial charge in [-0.25, -0.2) is 0 Å². The Balaban J connectivity index is 1.73. The van der Waals surface area contributed by atoms with Crippen LogP contribution in [-0.2, 0) is 11.3 Å². The van der Waals surface area contributed by atoms with Crippen molar-refractivity contribution in [2.75, 3.05) is 26.4 Å². The minimum atomic E-state index is -0.301. The predicted molar refractivity (Wildman–Crippen MR) is 108 cm³/mol. The SMILES string of the molecule is CCOCCn1c(=NC(=O)c2ccc3c(c2)OCCO3)sc2cc(C)ccc21. The zero-order valence-corrected chi connectivity index (χ0v) is 16.8. The highest BCUT2D eigenvalue weighted by atomic mass is 32.1. The van der Waals surface area contributed by atoms with Crippen LogP contribution in [0.4, 0.5) is 0 Å². The lowest BCUT2D eigenvalue weighted by Gasteiger charge is -2.18. The van der Waals surface area contributed by atoms with Crippen molar-refractivity contribution in [3.05, 3.63) is 52.3 Å². The Morgan fingerprint density at radius 2 is 2.00 bits per heavy atom. The molecule has 0 radical (unpaired) electrons. The standard InChI is InChI=1S/C21H22N2O4S/c1-3-25-9-8-23-16-6-4-14(2)12-19(16)28-21(23)22-20(24)15-5-7-17-18(13-15)27-11-10-26-17/h4-7,12-13H,3,8-11H2,1-2H3. The van der Waals surface area contributed by atoms with E-state index in [9.17, 15) is 4.79 Å². The van der Waals surface area contributed by atoms with E-state index in [4.69, 9.17) is 14.2 Å². The second kappa shape index (κ2) is 8.16. The average Bonchev–Trinajstić information content (AvgIpc) is 3.04. The van der Waals surface area contributed by atoms with Crippen molar-refractivity contribution in [3.63, 3.8) is 0 Å². The summed E-state index contributed by atoms with van der Waals surface area (Å²) in [5.41, 5.74) is 2.72. The van der Waals surface area contributed by atoms with Gasteiger partial charge in [0.2, 0.25) is 0 Å². The zero-order chi connectivity index (χ0) is 19.5. The Hall–Kier alpha value is -2.64. The summed E-state index contributed by atoms with van der Waals surface area (Å²) in [4.78, 5) is 17.9. The van der Waals surface area contributed by atoms with Crippen LogP contribution in [0, 0.1) is 6.92 Å². The third-order valence-corrected chi connectivity index (χ3v) is 5.53. The maximum absolute atomic E-state index is 12.8. The van der Waals surface area contributed by atoms with Gasteiger partial charge in [-0.05, 0) is 49.7 Å². The highest BCUT2D eigenvalue weighted by molar-refractivity contribution is 7.16. The lowest BCUT2D eigenvalue weighted by molar-refractivity contribution is 0.0995. The molecule has 1 aromatic heterocycles. The van der Waals surface area contributed by atoms with E-state index in [1.54, 1.807) is 18.2 Å². The summed E-state index contributed by atoms with van der Waals surface area (Å²) in [7, 11) is 0. The van der Waals surface area contributed by atoms with Gasteiger partial charge in [-0.2, -0.15) is 4.99 Å². The summed E-state index contributed by atoms with van der Waals surface area (Å²) in [6, 6.07) is 11.4. The first-order valence-corrected chi connectivity index (χ1v) is 10.1. The van der Waals surface area contributed by atoms with Gasteiger partial charge in [-0.3, -0.25) is 4.79 Å². The van der Waals surface area contributed by atoms with E-state index in [-0.39, 0.29) is 5.91 Å². The van der Waals surface area contributed by atoms with Crippen LogP contribution in [-0.4, -0.2) is 36.9 Å². The Labute approximate surface area is 167 Å². The maximum Gasteiger partial charge on any atom is 0.279 e. The molecule has 0 aliphatic carbocycles. The molecule has 6 nitrogen and oxygen atoms in total. The van der Waals surface area contributed by atoms with E-state index < -0.39 is 0 Å². The predicted octanol–water partition coefficient (Wildman–Crippen LogP) is 3.56. The molecule has 1 aliphatic rings. The number of amides is 1. The summed E-state index contributed by atoms with van der Waals surface area (Å²) < 4.78 is 19.8. The van der Waals surface area contributed by atoms with Gasteiger partial charge in [0.25, 0.3) is 5.91 Å². The lowest BCUT2D eigenvalue weighted by atomic mass is 10.2. The number of ether oxygens (including phenoxy) is 3. The topological polar surface area (TPSA) is 62.1 Å². The van der Waals surface area contributed by atoms with Gasteiger partial charge in [0.05, 0.1) is 16.8 Å². The summed E-state index contributed by atoms with van der Waals surface area (Å²) in [6.07, 6.45) is 0. The molecule has 0 saturated heterocycles. The smallest absolute Gasteiger partial charge is 0.279 e. The van der Waals surface area contributed by atoms with Crippen molar-refractivity contribution in [1.29, 1.82) is 0 Å². The van der Waals surface area contributed by atoms with E-state index in [1.165, 1.54) is 16.9 Å². The van der Waals surface area contributed by atoms with E-state index >= 15 is 0 Å². The first-order chi connectivity index (χ1) is 13.7. The Kier molecular flexibility index (Phi) is 5.45. The van der Waals surface area contributed by atoms with Gasteiger partial charge in [0, 0.05) is 18.7 Å². The number of aromatic nitrogens is 1. The van der Waals surface area contributed by atoms with Gasteiger partial charge >= 0.3 is 0 Å². The number of hydrogen-bond acceptors (Lipinski definition) is 5. The molecule has 0 unspecified atom stereocenters. The van der Waals surface area contributed by atoms with E-state index in [0.29, 0.717) is 54.8 Å². The van der Waals surface area contributed by atoms with Crippen LogP contribution in [0.5, 0.6) is 11.5 Å². The van der Waals surface area contributed by atoms with Crippen molar-refractivity contribution in [2.45, 2.75) is 20.4 Å². The third-order valence-electron chi connectivity index (χ3n) is 4.49. The quantitative estimate of drug-likeness (QED) is 0.617. The van der Waals surface area contributed by atoms with Gasteiger partial charge < -0.3 is 18.8 Å². The molecule has 0 fully saturated rings. The van der Waals surface area contributed by atoms with E-state index in [2.05, 4.69) is 30.1 Å². The Morgan fingerprint density at radius 3 is 2.82 bits per heavy atom. The molecular weight excluding hydrogens is 376 g/mol. The van der Waals surface area contributed by atoms with Crippen LogP contribution < -0.4 is 14.3 Å². The lowest BCUT2D eigenvalue weighted by Crippen LogP contribution is -2.20. The number of rotatable bonds is 5. The molecular formula is C21H22N2O4S.